The number of hydrogen-bond donors (Lipinski definition) is 2. The van der Waals surface area contributed by atoms with Gasteiger partial charge in [-0.15, -0.1) is 0 Å². The molecule has 3 heterocycles. The highest BCUT2D eigenvalue weighted by Gasteiger charge is 2.40. The van der Waals surface area contributed by atoms with Crippen LogP contribution in [0.1, 0.15) is 37.2 Å². The van der Waals surface area contributed by atoms with Crippen LogP contribution in [0.4, 0.5) is 17.1 Å². The first kappa shape index (κ1) is 31.4. The van der Waals surface area contributed by atoms with E-state index in [0.717, 1.165) is 5.69 Å². The largest absolute Gasteiger partial charge is 0.480 e. The molecule has 2 aromatic heterocycles. The molecule has 4 rings (SSSR count). The molecule has 1 amide bonds. The molecule has 1 aromatic carbocycles. The zero-order chi connectivity index (χ0) is 31.0. The number of nitrogens with one attached hydrogen (secondary N) is 2. The molecule has 43 heavy (non-hydrogen) atoms. The minimum Gasteiger partial charge on any atom is -0.480 e. The fourth-order valence-electron chi connectivity index (χ4n) is 4.66. The number of fused-ring (bicyclic) bond motifs is 1. The normalized spacial score (nSPS) is 14.6. The Morgan fingerprint density at radius 2 is 1.91 bits per heavy atom. The number of benzene rings is 1. The number of nitro benzene ring substituents is 1. The van der Waals surface area contributed by atoms with Gasteiger partial charge in [0.05, 0.1) is 37.0 Å². The number of non-ortho nitro benzene ring substituents is 1. The van der Waals surface area contributed by atoms with E-state index in [1.165, 1.54) is 19.2 Å². The van der Waals surface area contributed by atoms with Crippen molar-refractivity contribution in [3.05, 3.63) is 40.1 Å². The molecule has 2 N–H and O–H groups in total. The lowest BCUT2D eigenvalue weighted by atomic mass is 9.92. The van der Waals surface area contributed by atoms with Crippen LogP contribution >= 0.6 is 0 Å². The molecule has 0 bridgehead atoms. The molecule has 16 heteroatoms. The number of amides is 1. The number of hydrogen-bond acceptors (Lipinski definition) is 14. The molecule has 0 spiro atoms. The molecule has 1 fully saturated rings. The van der Waals surface area contributed by atoms with Gasteiger partial charge in [-0.3, -0.25) is 14.9 Å². The van der Waals surface area contributed by atoms with E-state index in [-0.39, 0.29) is 61.2 Å². The molecule has 1 atom stereocenters. The van der Waals surface area contributed by atoms with Crippen LogP contribution in [0, 0.1) is 10.1 Å². The van der Waals surface area contributed by atoms with Crippen LogP contribution in [0.2, 0.25) is 0 Å². The molecule has 0 saturated carbocycles. The predicted octanol–water partition coefficient (Wildman–Crippen LogP) is 2.33. The van der Waals surface area contributed by atoms with Crippen molar-refractivity contribution < 1.29 is 38.1 Å². The number of carbonyl (C=O) groups excluding carboxylic acids is 2. The summed E-state index contributed by atoms with van der Waals surface area (Å²) in [5.41, 5.74) is 0.0324. The van der Waals surface area contributed by atoms with Crippen LogP contribution in [0.5, 0.6) is 5.88 Å². The number of anilines is 2. The van der Waals surface area contributed by atoms with E-state index in [2.05, 4.69) is 30.6 Å². The molecule has 0 aliphatic carbocycles. The van der Waals surface area contributed by atoms with Gasteiger partial charge in [-0.2, -0.15) is 0 Å². The van der Waals surface area contributed by atoms with Crippen LogP contribution in [-0.4, -0.2) is 97.4 Å². The number of ether oxygens (including phenoxy) is 4. The Morgan fingerprint density at radius 3 is 2.58 bits per heavy atom. The lowest BCUT2D eigenvalue weighted by Gasteiger charge is -2.40. The highest BCUT2D eigenvalue weighted by Crippen LogP contribution is 2.31. The third kappa shape index (κ3) is 6.91. The monoisotopic (exact) mass is 601 g/mol. The Bertz CT molecular complexity index is 1440. The Labute approximate surface area is 247 Å². The molecule has 1 aliphatic rings. The first-order valence-electron chi connectivity index (χ1n) is 13.8. The average molecular weight is 602 g/mol. The fraction of sp³-hybridized carbons (Fsp3) is 0.519. The lowest BCUT2D eigenvalue weighted by Crippen LogP contribution is -2.55. The van der Waals surface area contributed by atoms with Gasteiger partial charge >= 0.3 is 11.7 Å². The minimum atomic E-state index is -1.35. The number of nitro groups is 1. The van der Waals surface area contributed by atoms with E-state index in [4.69, 9.17) is 18.9 Å². The second kappa shape index (κ2) is 14.1. The number of nitrogens with zero attached hydrogens (tertiary/aromatic N) is 5. The smallest absolute Gasteiger partial charge is 0.331 e. The van der Waals surface area contributed by atoms with Gasteiger partial charge in [0, 0.05) is 45.8 Å². The van der Waals surface area contributed by atoms with E-state index in [9.17, 15) is 19.7 Å². The molecule has 1 aliphatic heterocycles. The number of esters is 1. The van der Waals surface area contributed by atoms with Crippen LogP contribution < -0.4 is 20.3 Å². The van der Waals surface area contributed by atoms with Gasteiger partial charge in [0.15, 0.2) is 5.52 Å². The summed E-state index contributed by atoms with van der Waals surface area (Å²) in [5, 5.41) is 24.4. The maximum absolute atomic E-state index is 13.3. The average Bonchev–Trinajstić information content (AvgIpc) is 3.48. The maximum Gasteiger partial charge on any atom is 0.331 e. The van der Waals surface area contributed by atoms with Crippen LogP contribution in [-0.2, 0) is 19.0 Å². The van der Waals surface area contributed by atoms with Crippen molar-refractivity contribution in [2.24, 2.45) is 0 Å². The molecule has 3 aromatic rings. The molecular weight excluding hydrogens is 566 g/mol. The second-order valence-corrected chi connectivity index (χ2v) is 9.74. The summed E-state index contributed by atoms with van der Waals surface area (Å²) in [4.78, 5) is 43.4. The van der Waals surface area contributed by atoms with Gasteiger partial charge < -0.3 is 34.5 Å². The van der Waals surface area contributed by atoms with Gasteiger partial charge in [0.2, 0.25) is 11.4 Å². The van der Waals surface area contributed by atoms with Crippen molar-refractivity contribution in [3.8, 4) is 5.88 Å². The molecule has 16 nitrogen and oxygen atoms in total. The lowest BCUT2D eigenvalue weighted by molar-refractivity contribution is -0.383. The maximum atomic E-state index is 13.3. The molecular formula is C27H35N7O9. The summed E-state index contributed by atoms with van der Waals surface area (Å²) in [7, 11) is 3.14. The van der Waals surface area contributed by atoms with Crippen molar-refractivity contribution in [3.63, 3.8) is 0 Å². The van der Waals surface area contributed by atoms with Crippen molar-refractivity contribution >= 4 is 40.0 Å². The highest BCUT2D eigenvalue weighted by atomic mass is 16.6. The van der Waals surface area contributed by atoms with Crippen molar-refractivity contribution in [2.75, 3.05) is 63.9 Å². The Balaban J connectivity index is 1.36. The Morgan fingerprint density at radius 1 is 1.14 bits per heavy atom. The first-order chi connectivity index (χ1) is 20.8. The van der Waals surface area contributed by atoms with Gasteiger partial charge in [0.1, 0.15) is 16.9 Å². The second-order valence-electron chi connectivity index (χ2n) is 9.74. The van der Waals surface area contributed by atoms with E-state index < -0.39 is 22.3 Å². The zero-order valence-electron chi connectivity index (χ0n) is 24.5. The van der Waals surface area contributed by atoms with E-state index in [0.29, 0.717) is 31.2 Å². The third-order valence-corrected chi connectivity index (χ3v) is 7.24. The molecule has 1 unspecified atom stereocenters. The van der Waals surface area contributed by atoms with Gasteiger partial charge in [-0.1, -0.05) is 6.92 Å². The summed E-state index contributed by atoms with van der Waals surface area (Å²) in [6.45, 7) is 5.65. The summed E-state index contributed by atoms with van der Waals surface area (Å²) < 4.78 is 26.5. The van der Waals surface area contributed by atoms with Crippen LogP contribution in [0.25, 0.3) is 11.0 Å². The Kier molecular flexibility index (Phi) is 10.3. The fourth-order valence-corrected chi connectivity index (χ4v) is 4.66. The van der Waals surface area contributed by atoms with Crippen molar-refractivity contribution in [1.29, 1.82) is 0 Å². The van der Waals surface area contributed by atoms with Crippen LogP contribution in [0.3, 0.4) is 0 Å². The number of rotatable bonds is 16. The first-order valence-corrected chi connectivity index (χ1v) is 13.8. The van der Waals surface area contributed by atoms with Gasteiger partial charge in [-0.05, 0) is 41.9 Å². The predicted molar refractivity (Wildman–Crippen MR) is 153 cm³/mol. The Hall–Kier alpha value is -4.57. The van der Waals surface area contributed by atoms with E-state index in [1.807, 2.05) is 4.90 Å². The molecule has 232 valence electrons. The highest BCUT2D eigenvalue weighted by molar-refractivity contribution is 5.97. The summed E-state index contributed by atoms with van der Waals surface area (Å²) in [5.74, 6) is -0.833. The molecule has 1 saturated heterocycles. The number of methoxy groups -OCH3 is 2. The molecule has 0 radical (unpaired) electrons. The van der Waals surface area contributed by atoms with Gasteiger partial charge in [0.25, 0.3) is 5.91 Å². The van der Waals surface area contributed by atoms with E-state index >= 15 is 0 Å². The summed E-state index contributed by atoms with van der Waals surface area (Å²) >= 11 is 0. The third-order valence-electron chi connectivity index (χ3n) is 7.24. The van der Waals surface area contributed by atoms with Crippen LogP contribution in [0.15, 0.2) is 28.9 Å². The SMILES string of the molecule is CCOC(=O)C(CC)(CCOCCNc1ccc([N+](=O)[O-])c2nonc12)NC(=O)c1ccc(N2CC(OC)C2)c(OC)n1. The van der Waals surface area contributed by atoms with Crippen molar-refractivity contribution in [1.82, 2.24) is 20.6 Å². The number of aromatic nitrogens is 3. The van der Waals surface area contributed by atoms with Gasteiger partial charge in [-0.25, -0.2) is 14.4 Å². The number of carbonyl (C=O) groups is 2. The summed E-state index contributed by atoms with van der Waals surface area (Å²) in [6.07, 6.45) is 0.523. The van der Waals surface area contributed by atoms with E-state index in [1.54, 1.807) is 33.1 Å². The quantitative estimate of drug-likeness (QED) is 0.105. The number of pyridine rings is 1. The standard InChI is InChI=1S/C27H35N7O9/c1-5-27(26(36)42-6-2,30-24(35)19-8-10-21(25(29-19)40-4)33-15-17(16-33)39-3)11-13-41-14-12-28-18-7-9-20(34(37)38)23-22(18)31-43-32-23/h7-10,17,28H,5-6,11-16H2,1-4H3,(H,30,35). The zero-order valence-corrected chi connectivity index (χ0v) is 24.5. The minimum absolute atomic E-state index is 0.0378. The summed E-state index contributed by atoms with van der Waals surface area (Å²) in [6, 6.07) is 6.17. The van der Waals surface area contributed by atoms with Crippen molar-refractivity contribution in [2.45, 2.75) is 38.3 Å². The topological polar surface area (TPSA) is 193 Å².